The third kappa shape index (κ3) is 1.41. The van der Waals surface area contributed by atoms with E-state index in [4.69, 9.17) is 1.37 Å². The molecule has 0 aliphatic rings. The predicted octanol–water partition coefficient (Wildman–Crippen LogP) is 3.30. The van der Waals surface area contributed by atoms with Gasteiger partial charge in [0.05, 0.1) is 6.89 Å². The monoisotopic (exact) mass is 170 g/mol. The first kappa shape index (κ1) is 6.72. The second kappa shape index (κ2) is 3.31. The summed E-state index contributed by atoms with van der Waals surface area (Å²) in [5, 5.41) is 1.15. The Morgan fingerprint density at radius 1 is 1.31 bits per heavy atom. The number of benzene rings is 1. The van der Waals surface area contributed by atoms with Crippen molar-refractivity contribution < 1.29 is 1.37 Å². The second-order valence-corrected chi connectivity index (χ2v) is 2.78. The molecule has 0 amide bonds. The van der Waals surface area contributed by atoms with Gasteiger partial charge < -0.3 is 4.57 Å². The summed E-state index contributed by atoms with van der Waals surface area (Å²) in [6.07, 6.45) is 5.62. The van der Waals surface area contributed by atoms with Crippen molar-refractivity contribution in [1.29, 1.82) is 0 Å². The lowest BCUT2D eigenvalue weighted by Crippen LogP contribution is -1.80. The number of para-hydroxylation sites is 1. The summed E-state index contributed by atoms with van der Waals surface area (Å²) in [6, 6.07) is 10.0. The van der Waals surface area contributed by atoms with Crippen molar-refractivity contribution in [2.24, 2.45) is 0 Å². The molecule has 0 radical (unpaired) electrons. The van der Waals surface area contributed by atoms with Crippen LogP contribution in [0.4, 0.5) is 0 Å². The van der Waals surface area contributed by atoms with Crippen LogP contribution in [0.1, 0.15) is 1.37 Å². The first-order chi connectivity index (χ1) is 6.83. The van der Waals surface area contributed by atoms with E-state index in [1.807, 2.05) is 41.1 Å². The minimum Gasteiger partial charge on any atom is -0.323 e. The molecule has 0 saturated carbocycles. The van der Waals surface area contributed by atoms with Crippen molar-refractivity contribution in [2.75, 3.05) is 0 Å². The van der Waals surface area contributed by atoms with Crippen LogP contribution in [0.3, 0.4) is 0 Å². The zero-order valence-electron chi connectivity index (χ0n) is 8.27. The number of fused-ring (bicyclic) bond motifs is 1. The van der Waals surface area contributed by atoms with Crippen LogP contribution >= 0.6 is 0 Å². The summed E-state index contributed by atoms with van der Waals surface area (Å²) in [5.74, 6) is 0. The number of rotatable bonds is 2. The van der Waals surface area contributed by atoms with E-state index in [-0.39, 0.29) is 0 Å². The Hall–Kier alpha value is -1.76. The Kier molecular flexibility index (Phi) is 1.71. The Morgan fingerprint density at radius 2 is 2.15 bits per heavy atom. The van der Waals surface area contributed by atoms with Gasteiger partial charge in [-0.25, -0.2) is 0 Å². The maximum Gasteiger partial charge on any atom is 0.0822 e. The van der Waals surface area contributed by atoms with Gasteiger partial charge in [0.1, 0.15) is 0 Å². The number of nitrogens with zero attached hydrogens (tertiary/aromatic N) is 1. The molecule has 1 heteroatoms. The normalized spacial score (nSPS) is 12.9. The van der Waals surface area contributed by atoms with Gasteiger partial charge in [-0.05, 0) is 23.6 Å². The van der Waals surface area contributed by atoms with Gasteiger partial charge in [-0.2, -0.15) is 0 Å². The fourth-order valence-electron chi connectivity index (χ4n) is 1.33. The van der Waals surface area contributed by atoms with Crippen LogP contribution in [-0.4, -0.2) is 4.57 Å². The second-order valence-electron chi connectivity index (χ2n) is 2.78. The number of hydrogen-bond donors (Lipinski definition) is 0. The minimum atomic E-state index is 0.432. The standard InChI is InChI=1S/C12H11N/c1-2-3-9-13-10-8-11-6-4-5-7-12(11)13/h2-10H,1H2/b9-3+/i9D. The van der Waals surface area contributed by atoms with E-state index in [9.17, 15) is 0 Å². The maximum atomic E-state index is 7.76. The topological polar surface area (TPSA) is 4.93 Å². The zero-order chi connectivity index (χ0) is 9.97. The zero-order valence-corrected chi connectivity index (χ0v) is 7.27. The van der Waals surface area contributed by atoms with Crippen molar-refractivity contribution in [3.05, 3.63) is 55.3 Å². The lowest BCUT2D eigenvalue weighted by Gasteiger charge is -1.95. The van der Waals surface area contributed by atoms with E-state index >= 15 is 0 Å². The summed E-state index contributed by atoms with van der Waals surface area (Å²) >= 11 is 0. The molecule has 2 rings (SSSR count). The molecule has 0 unspecified atom stereocenters. The van der Waals surface area contributed by atoms with Crippen LogP contribution in [0, 0.1) is 0 Å². The molecule has 0 aliphatic heterocycles. The maximum absolute atomic E-state index is 7.76. The average Bonchev–Trinajstić information content (AvgIpc) is 2.61. The molecule has 13 heavy (non-hydrogen) atoms. The SMILES string of the molecule is [2H]/C(=C\C=C)n1ccc2ccccc21. The van der Waals surface area contributed by atoms with Crippen LogP contribution in [0.15, 0.2) is 55.3 Å². The molecule has 1 heterocycles. The van der Waals surface area contributed by atoms with Crippen LogP contribution in [0.25, 0.3) is 17.1 Å². The highest BCUT2D eigenvalue weighted by Crippen LogP contribution is 2.14. The summed E-state index contributed by atoms with van der Waals surface area (Å²) in [6.45, 7) is 3.58. The van der Waals surface area contributed by atoms with Gasteiger partial charge in [-0.15, -0.1) is 0 Å². The smallest absolute Gasteiger partial charge is 0.0822 e. The van der Waals surface area contributed by atoms with Gasteiger partial charge in [0.15, 0.2) is 0 Å². The van der Waals surface area contributed by atoms with Gasteiger partial charge in [0.2, 0.25) is 0 Å². The van der Waals surface area contributed by atoms with Gasteiger partial charge in [0.25, 0.3) is 0 Å². The molecule has 64 valence electrons. The molecule has 0 saturated heterocycles. The third-order valence-corrected chi connectivity index (χ3v) is 1.93. The number of aromatic nitrogens is 1. The highest BCUT2D eigenvalue weighted by molar-refractivity contribution is 5.81. The van der Waals surface area contributed by atoms with Gasteiger partial charge >= 0.3 is 0 Å². The average molecular weight is 170 g/mol. The molecule has 0 atom stereocenters. The molecular weight excluding hydrogens is 158 g/mol. The Labute approximate surface area is 79.0 Å². The largest absolute Gasteiger partial charge is 0.323 e. The third-order valence-electron chi connectivity index (χ3n) is 1.93. The molecule has 2 aromatic rings. The number of hydrogen-bond acceptors (Lipinski definition) is 0. The molecule has 0 bridgehead atoms. The quantitative estimate of drug-likeness (QED) is 0.609. The van der Waals surface area contributed by atoms with E-state index in [0.29, 0.717) is 6.18 Å². The Balaban J connectivity index is 2.64. The minimum absolute atomic E-state index is 0.432. The molecular formula is C12H11N. The van der Waals surface area contributed by atoms with Crippen molar-refractivity contribution >= 4 is 17.1 Å². The highest BCUT2D eigenvalue weighted by atomic mass is 14.9. The van der Waals surface area contributed by atoms with Gasteiger partial charge in [-0.1, -0.05) is 30.9 Å². The van der Waals surface area contributed by atoms with E-state index in [0.717, 1.165) is 10.9 Å². The van der Waals surface area contributed by atoms with Crippen LogP contribution in [0.5, 0.6) is 0 Å². The van der Waals surface area contributed by atoms with Gasteiger partial charge in [-0.3, -0.25) is 0 Å². The fraction of sp³-hybridized carbons (Fsp3) is 0. The highest BCUT2D eigenvalue weighted by Gasteiger charge is 1.94. The molecule has 0 N–H and O–H groups in total. The van der Waals surface area contributed by atoms with Crippen molar-refractivity contribution in [3.63, 3.8) is 0 Å². The molecule has 0 aliphatic carbocycles. The molecule has 0 spiro atoms. The van der Waals surface area contributed by atoms with E-state index < -0.39 is 0 Å². The van der Waals surface area contributed by atoms with E-state index in [1.165, 1.54) is 0 Å². The lowest BCUT2D eigenvalue weighted by atomic mass is 10.2. The molecule has 1 nitrogen and oxygen atoms in total. The predicted molar refractivity (Wildman–Crippen MR) is 57.5 cm³/mol. The van der Waals surface area contributed by atoms with Crippen LogP contribution < -0.4 is 0 Å². The number of allylic oxidation sites excluding steroid dienone is 2. The summed E-state index contributed by atoms with van der Waals surface area (Å²) < 4.78 is 9.59. The van der Waals surface area contributed by atoms with Crippen molar-refractivity contribution in [3.8, 4) is 0 Å². The first-order valence-corrected chi connectivity index (χ1v) is 4.19. The Morgan fingerprint density at radius 3 is 3.00 bits per heavy atom. The van der Waals surface area contributed by atoms with E-state index in [1.54, 1.807) is 12.2 Å². The molecule has 1 aromatic carbocycles. The fourth-order valence-corrected chi connectivity index (χ4v) is 1.33. The van der Waals surface area contributed by atoms with Crippen molar-refractivity contribution in [1.82, 2.24) is 4.57 Å². The van der Waals surface area contributed by atoms with Crippen molar-refractivity contribution in [2.45, 2.75) is 0 Å². The van der Waals surface area contributed by atoms with Crippen LogP contribution in [-0.2, 0) is 0 Å². The first-order valence-electron chi connectivity index (χ1n) is 4.69. The summed E-state index contributed by atoms with van der Waals surface area (Å²) in [5.41, 5.74) is 1.05. The Bertz CT molecular complexity index is 494. The summed E-state index contributed by atoms with van der Waals surface area (Å²) in [7, 11) is 0. The lowest BCUT2D eigenvalue weighted by molar-refractivity contribution is 1.23. The van der Waals surface area contributed by atoms with Crippen LogP contribution in [0.2, 0.25) is 0 Å². The van der Waals surface area contributed by atoms with E-state index in [2.05, 4.69) is 6.58 Å². The molecule has 0 fully saturated rings. The summed E-state index contributed by atoms with van der Waals surface area (Å²) in [4.78, 5) is 0. The molecule has 1 aromatic heterocycles. The van der Waals surface area contributed by atoms with Gasteiger partial charge in [0, 0.05) is 12.4 Å².